The second kappa shape index (κ2) is 7.56. The molecule has 0 spiro atoms. The van der Waals surface area contributed by atoms with Crippen molar-refractivity contribution in [2.45, 2.75) is 19.9 Å². The Balaban J connectivity index is 0.00000196. The maximum atomic E-state index is 11.4. The molecule has 1 aromatic rings. The van der Waals surface area contributed by atoms with Gasteiger partial charge in [-0.05, 0) is 25.0 Å². The van der Waals surface area contributed by atoms with Crippen molar-refractivity contribution in [1.29, 1.82) is 0 Å². The Morgan fingerprint density at radius 3 is 2.93 bits per heavy atom. The molecule has 0 aromatic carbocycles. The van der Waals surface area contributed by atoms with Gasteiger partial charge in [-0.1, -0.05) is 11.4 Å². The Labute approximate surface area is 99.2 Å². The Hall–Kier alpha value is -0.720. The van der Waals surface area contributed by atoms with Crippen LogP contribution in [0.2, 0.25) is 0 Å². The molecule has 5 nitrogen and oxygen atoms in total. The molecule has 7 heteroatoms. The highest BCUT2D eigenvalue weighted by Gasteiger charge is 2.08. The van der Waals surface area contributed by atoms with E-state index in [2.05, 4.69) is 20.2 Å². The van der Waals surface area contributed by atoms with Crippen molar-refractivity contribution in [1.82, 2.24) is 20.2 Å². The summed E-state index contributed by atoms with van der Waals surface area (Å²) >= 11 is 1.10. The van der Waals surface area contributed by atoms with Gasteiger partial charge in [-0.3, -0.25) is 4.79 Å². The topological polar surface area (TPSA) is 66.9 Å². The molecule has 1 atom stereocenters. The highest BCUT2D eigenvalue weighted by molar-refractivity contribution is 7.07. The Morgan fingerprint density at radius 1 is 1.67 bits per heavy atom. The molecule has 1 aromatic heterocycles. The minimum Gasteiger partial charge on any atom is -0.350 e. The third-order valence-electron chi connectivity index (χ3n) is 1.71. The van der Waals surface area contributed by atoms with Crippen LogP contribution < -0.4 is 10.6 Å². The van der Waals surface area contributed by atoms with E-state index < -0.39 is 0 Å². The van der Waals surface area contributed by atoms with Gasteiger partial charge < -0.3 is 10.6 Å². The molecule has 0 bridgehead atoms. The third kappa shape index (κ3) is 5.06. The Morgan fingerprint density at radius 2 is 2.40 bits per heavy atom. The van der Waals surface area contributed by atoms with Crippen LogP contribution in [-0.2, 0) is 0 Å². The minimum atomic E-state index is -0.107. The fraction of sp³-hybridized carbons (Fsp3) is 0.625. The summed E-state index contributed by atoms with van der Waals surface area (Å²) in [7, 11) is 0. The van der Waals surface area contributed by atoms with E-state index in [1.165, 1.54) is 6.20 Å². The van der Waals surface area contributed by atoms with Gasteiger partial charge in [-0.25, -0.2) is 0 Å². The first kappa shape index (κ1) is 14.3. The molecule has 0 aliphatic heterocycles. The molecule has 0 unspecified atom stereocenters. The van der Waals surface area contributed by atoms with Gasteiger partial charge in [0.05, 0.1) is 6.20 Å². The number of rotatable bonds is 5. The molecular formula is C8H15ClN4OS. The van der Waals surface area contributed by atoms with Gasteiger partial charge in [0.1, 0.15) is 4.88 Å². The minimum absolute atomic E-state index is 0. The summed E-state index contributed by atoms with van der Waals surface area (Å²) in [6, 6.07) is 0.282. The van der Waals surface area contributed by atoms with Crippen LogP contribution in [0.4, 0.5) is 0 Å². The summed E-state index contributed by atoms with van der Waals surface area (Å²) in [5.74, 6) is -0.107. The van der Waals surface area contributed by atoms with Gasteiger partial charge in [-0.15, -0.1) is 17.5 Å². The molecule has 0 saturated heterocycles. The number of likely N-dealkylation sites (N-methyl/N-ethyl adjacent to an activating group) is 1. The lowest BCUT2D eigenvalue weighted by Gasteiger charge is -2.12. The highest BCUT2D eigenvalue weighted by atomic mass is 35.5. The fourth-order valence-corrected chi connectivity index (χ4v) is 1.45. The largest absolute Gasteiger partial charge is 0.350 e. The molecule has 1 heterocycles. The summed E-state index contributed by atoms with van der Waals surface area (Å²) < 4.78 is 3.62. The molecule has 2 N–H and O–H groups in total. The lowest BCUT2D eigenvalue weighted by molar-refractivity contribution is 0.0954. The number of nitrogens with zero attached hydrogens (tertiary/aromatic N) is 2. The first-order chi connectivity index (χ1) is 6.74. The number of hydrogen-bond acceptors (Lipinski definition) is 5. The van der Waals surface area contributed by atoms with Crippen LogP contribution in [0, 0.1) is 0 Å². The van der Waals surface area contributed by atoms with E-state index >= 15 is 0 Å². The SMILES string of the molecule is CCN[C@H](C)CNC(=O)c1cnns1.Cl. The zero-order chi connectivity index (χ0) is 10.4. The average molecular weight is 251 g/mol. The molecule has 0 aliphatic rings. The van der Waals surface area contributed by atoms with E-state index in [9.17, 15) is 4.79 Å². The van der Waals surface area contributed by atoms with E-state index in [4.69, 9.17) is 0 Å². The van der Waals surface area contributed by atoms with Gasteiger partial charge in [0.15, 0.2) is 0 Å². The number of carbonyl (C=O) groups is 1. The second-order valence-electron chi connectivity index (χ2n) is 2.95. The maximum Gasteiger partial charge on any atom is 0.264 e. The normalized spacial score (nSPS) is 11.6. The van der Waals surface area contributed by atoms with Crippen molar-refractivity contribution in [2.75, 3.05) is 13.1 Å². The van der Waals surface area contributed by atoms with Crippen molar-refractivity contribution >= 4 is 29.8 Å². The zero-order valence-corrected chi connectivity index (χ0v) is 10.3. The lowest BCUT2D eigenvalue weighted by Crippen LogP contribution is -2.38. The molecule has 0 fully saturated rings. The number of halogens is 1. The Kier molecular flexibility index (Phi) is 7.19. The number of hydrogen-bond donors (Lipinski definition) is 2. The molecule has 1 rings (SSSR count). The van der Waals surface area contributed by atoms with E-state index in [1.54, 1.807) is 0 Å². The first-order valence-electron chi connectivity index (χ1n) is 4.53. The summed E-state index contributed by atoms with van der Waals surface area (Å²) in [6.07, 6.45) is 1.47. The van der Waals surface area contributed by atoms with E-state index in [0.29, 0.717) is 11.4 Å². The van der Waals surface area contributed by atoms with Gasteiger partial charge >= 0.3 is 0 Å². The summed E-state index contributed by atoms with van der Waals surface area (Å²) in [6.45, 7) is 5.57. The van der Waals surface area contributed by atoms with Crippen LogP contribution in [0.5, 0.6) is 0 Å². The van der Waals surface area contributed by atoms with Crippen LogP contribution >= 0.6 is 23.9 Å². The molecule has 1 amide bonds. The summed E-state index contributed by atoms with van der Waals surface area (Å²) in [5, 5.41) is 9.60. The smallest absolute Gasteiger partial charge is 0.264 e. The second-order valence-corrected chi connectivity index (χ2v) is 3.74. The monoisotopic (exact) mass is 250 g/mol. The van der Waals surface area contributed by atoms with Crippen LogP contribution in [0.3, 0.4) is 0 Å². The van der Waals surface area contributed by atoms with Gasteiger partial charge in [0, 0.05) is 12.6 Å². The van der Waals surface area contributed by atoms with Crippen LogP contribution in [0.25, 0.3) is 0 Å². The standard InChI is InChI=1S/C8H14N4OS.ClH/c1-3-9-6(2)4-10-8(13)7-5-11-12-14-7;/h5-6,9H,3-4H2,1-2H3,(H,10,13);1H/t6-;/m1./s1. The summed E-state index contributed by atoms with van der Waals surface area (Å²) in [5.41, 5.74) is 0. The number of carbonyl (C=O) groups excluding carboxylic acids is 1. The number of nitrogens with one attached hydrogen (secondary N) is 2. The Bertz CT molecular complexity index is 280. The van der Waals surface area contributed by atoms with E-state index in [-0.39, 0.29) is 24.4 Å². The van der Waals surface area contributed by atoms with E-state index in [0.717, 1.165) is 18.1 Å². The van der Waals surface area contributed by atoms with Crippen LogP contribution in [0.15, 0.2) is 6.20 Å². The predicted molar refractivity (Wildman–Crippen MR) is 62.6 cm³/mol. The molecule has 0 radical (unpaired) electrons. The zero-order valence-electron chi connectivity index (χ0n) is 8.69. The first-order valence-corrected chi connectivity index (χ1v) is 5.30. The lowest BCUT2D eigenvalue weighted by atomic mass is 10.3. The quantitative estimate of drug-likeness (QED) is 0.807. The summed E-state index contributed by atoms with van der Waals surface area (Å²) in [4.78, 5) is 12.0. The van der Waals surface area contributed by atoms with Gasteiger partial charge in [0.25, 0.3) is 5.91 Å². The van der Waals surface area contributed by atoms with Crippen molar-refractivity contribution in [3.8, 4) is 0 Å². The number of aromatic nitrogens is 2. The molecule has 0 saturated carbocycles. The van der Waals surface area contributed by atoms with Crippen molar-refractivity contribution in [3.05, 3.63) is 11.1 Å². The van der Waals surface area contributed by atoms with Gasteiger partial charge in [-0.2, -0.15) is 0 Å². The van der Waals surface area contributed by atoms with Crippen LogP contribution in [-0.4, -0.2) is 34.6 Å². The van der Waals surface area contributed by atoms with Gasteiger partial charge in [0.2, 0.25) is 0 Å². The van der Waals surface area contributed by atoms with E-state index in [1.807, 2.05) is 13.8 Å². The predicted octanol–water partition coefficient (Wildman–Crippen LogP) is 0.688. The maximum absolute atomic E-state index is 11.4. The third-order valence-corrected chi connectivity index (χ3v) is 2.37. The molecule has 15 heavy (non-hydrogen) atoms. The fourth-order valence-electron chi connectivity index (χ4n) is 1.02. The van der Waals surface area contributed by atoms with Crippen molar-refractivity contribution < 1.29 is 4.79 Å². The molecular weight excluding hydrogens is 236 g/mol. The van der Waals surface area contributed by atoms with Crippen LogP contribution in [0.1, 0.15) is 23.5 Å². The molecule has 86 valence electrons. The average Bonchev–Trinajstić information content (AvgIpc) is 2.67. The highest BCUT2D eigenvalue weighted by Crippen LogP contribution is 2.00. The van der Waals surface area contributed by atoms with Crippen molar-refractivity contribution in [2.24, 2.45) is 0 Å². The molecule has 0 aliphatic carbocycles. The van der Waals surface area contributed by atoms with Crippen molar-refractivity contribution in [3.63, 3.8) is 0 Å². The number of amides is 1.